The van der Waals surface area contributed by atoms with Gasteiger partial charge < -0.3 is 15.0 Å². The Kier molecular flexibility index (Phi) is 5.77. The van der Waals surface area contributed by atoms with E-state index in [9.17, 15) is 10.1 Å². The quantitative estimate of drug-likeness (QED) is 0.632. The molecule has 2 aromatic heterocycles. The molecule has 1 aliphatic rings. The highest BCUT2D eigenvalue weighted by Crippen LogP contribution is 2.39. The molecule has 0 unspecified atom stereocenters. The van der Waals surface area contributed by atoms with Gasteiger partial charge in [0.05, 0.1) is 23.6 Å². The monoisotopic (exact) mass is 445 g/mol. The maximum Gasteiger partial charge on any atom is 0.410 e. The molecule has 1 saturated heterocycles. The first-order valence-corrected chi connectivity index (χ1v) is 10.7. The molecule has 0 radical (unpaired) electrons. The van der Waals surface area contributed by atoms with Crippen LogP contribution in [0.5, 0.6) is 0 Å². The number of aryl methyl sites for hydroxylation is 1. The van der Waals surface area contributed by atoms with E-state index in [2.05, 4.69) is 26.5 Å². The number of aromatic nitrogens is 4. The Hall–Kier alpha value is -3.93. The van der Waals surface area contributed by atoms with E-state index < -0.39 is 5.60 Å². The minimum Gasteiger partial charge on any atom is -0.444 e. The molecule has 1 aromatic carbocycles. The van der Waals surface area contributed by atoms with Gasteiger partial charge in [-0.3, -0.25) is 4.68 Å². The molecule has 9 nitrogen and oxygen atoms in total. The van der Waals surface area contributed by atoms with Gasteiger partial charge in [0.2, 0.25) is 5.95 Å². The average molecular weight is 446 g/mol. The molecule has 0 bridgehead atoms. The zero-order valence-corrected chi connectivity index (χ0v) is 19.2. The first kappa shape index (κ1) is 22.3. The second-order valence-corrected chi connectivity index (χ2v) is 9.32. The Morgan fingerprint density at radius 3 is 2.58 bits per heavy atom. The summed E-state index contributed by atoms with van der Waals surface area (Å²) in [4.78, 5) is 22.9. The maximum absolute atomic E-state index is 12.4. The Balaban J connectivity index is 1.49. The molecule has 1 amide bonds. The number of likely N-dealkylation sites (tertiary alicyclic amines) is 1. The standard InChI is InChI=1S/C24H27N7O2/c1-23(2,3)33-22(32)31-15-24(16-31,10-11-25)18-7-5-17(6-8-18)20-9-12-26-21(29-20)28-19-13-27-30(4)14-19/h5-9,12-14H,10,15-16H2,1-4H3,(H,26,28,29). The Labute approximate surface area is 193 Å². The van der Waals surface area contributed by atoms with Crippen LogP contribution >= 0.6 is 0 Å². The summed E-state index contributed by atoms with van der Waals surface area (Å²) < 4.78 is 7.16. The summed E-state index contributed by atoms with van der Waals surface area (Å²) >= 11 is 0. The lowest BCUT2D eigenvalue weighted by atomic mass is 9.71. The highest BCUT2D eigenvalue weighted by molar-refractivity contribution is 5.70. The van der Waals surface area contributed by atoms with Gasteiger partial charge in [-0.15, -0.1) is 0 Å². The smallest absolute Gasteiger partial charge is 0.410 e. The fourth-order valence-electron chi connectivity index (χ4n) is 3.88. The molecular weight excluding hydrogens is 418 g/mol. The molecule has 0 atom stereocenters. The molecule has 33 heavy (non-hydrogen) atoms. The third kappa shape index (κ3) is 4.95. The van der Waals surface area contributed by atoms with Crippen molar-refractivity contribution in [3.63, 3.8) is 0 Å². The van der Waals surface area contributed by atoms with Crippen LogP contribution in [0.1, 0.15) is 32.8 Å². The fraction of sp³-hybridized carbons (Fsp3) is 0.375. The molecule has 1 aliphatic heterocycles. The van der Waals surface area contributed by atoms with Crippen molar-refractivity contribution in [2.24, 2.45) is 7.05 Å². The summed E-state index contributed by atoms with van der Waals surface area (Å²) in [6.07, 6.45) is 5.24. The highest BCUT2D eigenvalue weighted by atomic mass is 16.6. The molecule has 0 saturated carbocycles. The van der Waals surface area contributed by atoms with E-state index in [1.54, 1.807) is 22.0 Å². The molecule has 9 heteroatoms. The maximum atomic E-state index is 12.4. The van der Waals surface area contributed by atoms with Crippen molar-refractivity contribution in [1.29, 1.82) is 5.26 Å². The Bertz CT molecular complexity index is 1180. The molecule has 1 N–H and O–H groups in total. The average Bonchev–Trinajstić information content (AvgIpc) is 3.14. The van der Waals surface area contributed by atoms with E-state index in [-0.39, 0.29) is 11.5 Å². The minimum atomic E-state index is -0.547. The van der Waals surface area contributed by atoms with Crippen LogP contribution in [-0.4, -0.2) is 49.4 Å². The molecule has 4 rings (SSSR count). The van der Waals surface area contributed by atoms with E-state index in [0.717, 1.165) is 22.5 Å². The Morgan fingerprint density at radius 2 is 1.97 bits per heavy atom. The number of anilines is 2. The first-order valence-electron chi connectivity index (χ1n) is 10.7. The zero-order chi connectivity index (χ0) is 23.6. The number of amides is 1. The van der Waals surface area contributed by atoms with Gasteiger partial charge in [-0.05, 0) is 32.4 Å². The van der Waals surface area contributed by atoms with Crippen LogP contribution in [0.15, 0.2) is 48.9 Å². The van der Waals surface area contributed by atoms with Crippen molar-refractivity contribution in [2.75, 3.05) is 18.4 Å². The minimum absolute atomic E-state index is 0.332. The number of nitriles is 1. The number of benzene rings is 1. The number of nitrogens with zero attached hydrogens (tertiary/aromatic N) is 6. The van der Waals surface area contributed by atoms with Crippen LogP contribution in [0.2, 0.25) is 0 Å². The van der Waals surface area contributed by atoms with Crippen molar-refractivity contribution < 1.29 is 9.53 Å². The largest absolute Gasteiger partial charge is 0.444 e. The number of hydrogen-bond donors (Lipinski definition) is 1. The lowest BCUT2D eigenvalue weighted by Crippen LogP contribution is -2.61. The molecule has 3 aromatic rings. The van der Waals surface area contributed by atoms with E-state index in [1.807, 2.05) is 64.3 Å². The lowest BCUT2D eigenvalue weighted by molar-refractivity contribution is -0.00918. The van der Waals surface area contributed by atoms with Crippen molar-refractivity contribution in [3.05, 3.63) is 54.5 Å². The topological polar surface area (TPSA) is 109 Å². The molecular formula is C24H27N7O2. The normalized spacial score (nSPS) is 14.8. The summed E-state index contributed by atoms with van der Waals surface area (Å²) in [7, 11) is 1.85. The highest BCUT2D eigenvalue weighted by Gasteiger charge is 2.47. The van der Waals surface area contributed by atoms with Gasteiger partial charge in [0, 0.05) is 49.9 Å². The summed E-state index contributed by atoms with van der Waals surface area (Å²) in [5.41, 5.74) is 2.61. The van der Waals surface area contributed by atoms with Crippen molar-refractivity contribution >= 4 is 17.7 Å². The van der Waals surface area contributed by atoms with Crippen LogP contribution in [0.25, 0.3) is 11.3 Å². The number of rotatable bonds is 5. The van der Waals surface area contributed by atoms with Gasteiger partial charge in [-0.1, -0.05) is 24.3 Å². The van der Waals surface area contributed by atoms with Crippen LogP contribution in [0, 0.1) is 11.3 Å². The third-order valence-corrected chi connectivity index (χ3v) is 5.47. The Morgan fingerprint density at radius 1 is 1.24 bits per heavy atom. The van der Waals surface area contributed by atoms with E-state index in [1.165, 1.54) is 0 Å². The van der Waals surface area contributed by atoms with Gasteiger partial charge in [-0.25, -0.2) is 14.8 Å². The van der Waals surface area contributed by atoms with Gasteiger partial charge in [0.15, 0.2) is 0 Å². The first-order chi connectivity index (χ1) is 15.7. The van der Waals surface area contributed by atoms with Crippen LogP contribution in [-0.2, 0) is 17.2 Å². The van der Waals surface area contributed by atoms with Crippen LogP contribution < -0.4 is 5.32 Å². The van der Waals surface area contributed by atoms with Crippen LogP contribution in [0.4, 0.5) is 16.4 Å². The molecule has 3 heterocycles. The third-order valence-electron chi connectivity index (χ3n) is 5.47. The van der Waals surface area contributed by atoms with E-state index in [4.69, 9.17) is 4.74 Å². The zero-order valence-electron chi connectivity index (χ0n) is 19.2. The number of hydrogen-bond acceptors (Lipinski definition) is 7. The SMILES string of the molecule is Cn1cc(Nc2nccc(-c3ccc(C4(CC#N)CN(C(=O)OC(C)(C)C)C4)cc3)n2)cn1. The summed E-state index contributed by atoms with van der Waals surface area (Å²) in [6, 6.07) is 12.1. The van der Waals surface area contributed by atoms with Crippen molar-refractivity contribution in [3.8, 4) is 17.3 Å². The summed E-state index contributed by atoms with van der Waals surface area (Å²) in [6.45, 7) is 6.45. The van der Waals surface area contributed by atoms with Gasteiger partial charge >= 0.3 is 6.09 Å². The molecule has 0 aliphatic carbocycles. The second-order valence-electron chi connectivity index (χ2n) is 9.32. The van der Waals surface area contributed by atoms with Crippen molar-refractivity contribution in [2.45, 2.75) is 38.2 Å². The summed E-state index contributed by atoms with van der Waals surface area (Å²) in [5, 5.41) is 16.7. The molecule has 0 spiro atoms. The number of ether oxygens (including phenoxy) is 1. The lowest BCUT2D eigenvalue weighted by Gasteiger charge is -2.49. The van der Waals surface area contributed by atoms with Gasteiger partial charge in [-0.2, -0.15) is 10.4 Å². The molecule has 170 valence electrons. The number of carbonyl (C=O) groups excluding carboxylic acids is 1. The predicted molar refractivity (Wildman–Crippen MR) is 124 cm³/mol. The van der Waals surface area contributed by atoms with Gasteiger partial charge in [0.1, 0.15) is 5.60 Å². The summed E-state index contributed by atoms with van der Waals surface area (Å²) in [5.74, 6) is 0.484. The molecule has 1 fully saturated rings. The second kappa shape index (κ2) is 8.54. The number of carbonyl (C=O) groups is 1. The number of nitrogens with one attached hydrogen (secondary N) is 1. The van der Waals surface area contributed by atoms with E-state index >= 15 is 0 Å². The predicted octanol–water partition coefficient (Wildman–Crippen LogP) is 4.02. The van der Waals surface area contributed by atoms with E-state index in [0.29, 0.717) is 25.5 Å². The van der Waals surface area contributed by atoms with Crippen LogP contribution in [0.3, 0.4) is 0 Å². The van der Waals surface area contributed by atoms with Gasteiger partial charge in [0.25, 0.3) is 0 Å². The fourth-order valence-corrected chi connectivity index (χ4v) is 3.88. The van der Waals surface area contributed by atoms with Crippen molar-refractivity contribution in [1.82, 2.24) is 24.6 Å².